The van der Waals surface area contributed by atoms with Crippen molar-refractivity contribution in [3.63, 3.8) is 0 Å². The molecule has 4 rings (SSSR count). The van der Waals surface area contributed by atoms with Crippen LogP contribution >= 0.6 is 34.5 Å². The number of carbonyl (C=O) groups excluding carboxylic acids is 1. The van der Waals surface area contributed by atoms with Gasteiger partial charge in [0.1, 0.15) is 17.5 Å². The van der Waals surface area contributed by atoms with Crippen LogP contribution in [0.2, 0.25) is 10.0 Å². The third-order valence-corrected chi connectivity index (χ3v) is 6.92. The number of hydrogen-bond donors (Lipinski definition) is 0. The molecule has 1 aliphatic rings. The summed E-state index contributed by atoms with van der Waals surface area (Å²) in [4.78, 5) is 31.6. The van der Waals surface area contributed by atoms with Crippen LogP contribution in [0.15, 0.2) is 57.5 Å². The number of allylic oxidation sites excluding steroid dienone is 1. The molecule has 2 heterocycles. The maximum Gasteiger partial charge on any atom is 0.338 e. The van der Waals surface area contributed by atoms with Gasteiger partial charge in [-0.1, -0.05) is 34.5 Å². The fraction of sp³-hybridized carbons (Fsp3) is 0.240. The zero-order valence-electron chi connectivity index (χ0n) is 19.4. The molecule has 0 unspecified atom stereocenters. The van der Waals surface area contributed by atoms with Crippen LogP contribution in [0.1, 0.15) is 31.0 Å². The molecule has 10 heteroatoms. The largest absolute Gasteiger partial charge is 0.496 e. The summed E-state index contributed by atoms with van der Waals surface area (Å²) in [5.41, 5.74) is 1.53. The number of methoxy groups -OCH3 is 2. The SMILES string of the molecule is CCOc1ccc(Cl)cc1/C=c1\sc2n(c1=O)[C@H](c1cc(Cl)ccc1OC)C(C(=O)OC)=C(C)N=2. The second kappa shape index (κ2) is 10.3. The molecule has 0 bridgehead atoms. The number of aromatic nitrogens is 1. The number of carbonyl (C=O) groups is 1. The average molecular weight is 533 g/mol. The van der Waals surface area contributed by atoms with E-state index < -0.39 is 12.0 Å². The molecule has 0 radical (unpaired) electrons. The van der Waals surface area contributed by atoms with Crippen LogP contribution in [0.25, 0.3) is 6.08 Å². The van der Waals surface area contributed by atoms with Gasteiger partial charge in [-0.3, -0.25) is 9.36 Å². The zero-order chi connectivity index (χ0) is 25.3. The van der Waals surface area contributed by atoms with Gasteiger partial charge in [-0.15, -0.1) is 0 Å². The molecule has 182 valence electrons. The van der Waals surface area contributed by atoms with Crippen molar-refractivity contribution in [1.29, 1.82) is 0 Å². The Bertz CT molecular complexity index is 1520. The second-order valence-electron chi connectivity index (χ2n) is 7.57. The Kier molecular flexibility index (Phi) is 7.35. The number of hydrogen-bond acceptors (Lipinski definition) is 7. The molecular weight excluding hydrogens is 511 g/mol. The van der Waals surface area contributed by atoms with Gasteiger partial charge in [-0.05, 0) is 56.3 Å². The highest BCUT2D eigenvalue weighted by Gasteiger charge is 2.35. The second-order valence-corrected chi connectivity index (χ2v) is 9.46. The van der Waals surface area contributed by atoms with Crippen molar-refractivity contribution in [1.82, 2.24) is 4.57 Å². The first-order chi connectivity index (χ1) is 16.8. The molecule has 1 aliphatic heterocycles. The lowest BCUT2D eigenvalue weighted by atomic mass is 9.95. The zero-order valence-corrected chi connectivity index (χ0v) is 21.8. The van der Waals surface area contributed by atoms with Crippen molar-refractivity contribution in [3.8, 4) is 11.5 Å². The van der Waals surface area contributed by atoms with Gasteiger partial charge in [-0.25, -0.2) is 9.79 Å². The van der Waals surface area contributed by atoms with Gasteiger partial charge in [-0.2, -0.15) is 0 Å². The standard InChI is InChI=1S/C25H22Cl2N2O5S/c1-5-34-18-8-6-15(26)10-14(18)11-20-23(30)29-22(17-12-16(27)7-9-19(17)32-3)21(24(31)33-4)13(2)28-25(29)35-20/h6-12,22H,5H2,1-4H3/b20-11-/t22-/m1/s1. The molecule has 2 aromatic carbocycles. The van der Waals surface area contributed by atoms with Crippen LogP contribution in [0.3, 0.4) is 0 Å². The minimum Gasteiger partial charge on any atom is -0.496 e. The molecule has 0 saturated carbocycles. The van der Waals surface area contributed by atoms with Crippen molar-refractivity contribution in [2.24, 2.45) is 4.99 Å². The Hall–Kier alpha value is -3.07. The van der Waals surface area contributed by atoms with Gasteiger partial charge >= 0.3 is 5.97 Å². The summed E-state index contributed by atoms with van der Waals surface area (Å²) < 4.78 is 18.2. The number of esters is 1. The highest BCUT2D eigenvalue weighted by atomic mass is 35.5. The maximum absolute atomic E-state index is 13.8. The van der Waals surface area contributed by atoms with Crippen molar-refractivity contribution in [2.75, 3.05) is 20.8 Å². The van der Waals surface area contributed by atoms with Crippen LogP contribution < -0.4 is 24.4 Å². The number of fused-ring (bicyclic) bond motifs is 1. The summed E-state index contributed by atoms with van der Waals surface area (Å²) in [5.74, 6) is 0.474. The monoisotopic (exact) mass is 532 g/mol. The molecule has 1 atom stereocenters. The van der Waals surface area contributed by atoms with E-state index in [9.17, 15) is 9.59 Å². The Labute approximate surface area is 215 Å². The molecule has 3 aromatic rings. The Morgan fingerprint density at radius 1 is 1.14 bits per heavy atom. The first kappa shape index (κ1) is 25.0. The van der Waals surface area contributed by atoms with Gasteiger partial charge in [0.15, 0.2) is 4.80 Å². The number of benzene rings is 2. The summed E-state index contributed by atoms with van der Waals surface area (Å²) in [6, 6.07) is 9.41. The molecule has 1 aromatic heterocycles. The van der Waals surface area contributed by atoms with Gasteiger partial charge < -0.3 is 14.2 Å². The lowest BCUT2D eigenvalue weighted by Crippen LogP contribution is -2.40. The number of ether oxygens (including phenoxy) is 3. The van der Waals surface area contributed by atoms with Crippen LogP contribution in [-0.2, 0) is 9.53 Å². The Morgan fingerprint density at radius 3 is 2.49 bits per heavy atom. The summed E-state index contributed by atoms with van der Waals surface area (Å²) in [5, 5.41) is 0.944. The number of halogens is 2. The normalized spacial score (nSPS) is 15.5. The average Bonchev–Trinajstić information content (AvgIpc) is 3.13. The van der Waals surface area contributed by atoms with E-state index in [0.29, 0.717) is 54.3 Å². The number of nitrogens with zero attached hydrogens (tertiary/aromatic N) is 2. The topological polar surface area (TPSA) is 79.1 Å². The summed E-state index contributed by atoms with van der Waals surface area (Å²) in [7, 11) is 2.80. The fourth-order valence-electron chi connectivity index (χ4n) is 3.97. The van der Waals surface area contributed by atoms with Crippen LogP contribution in [0, 0.1) is 0 Å². The van der Waals surface area contributed by atoms with Crippen LogP contribution in [-0.4, -0.2) is 31.4 Å². The molecular formula is C25H22Cl2N2O5S. The molecule has 0 aliphatic carbocycles. The van der Waals surface area contributed by atoms with Crippen LogP contribution in [0.5, 0.6) is 11.5 Å². The van der Waals surface area contributed by atoms with E-state index in [1.807, 2.05) is 6.92 Å². The first-order valence-electron chi connectivity index (χ1n) is 10.7. The molecule has 0 fully saturated rings. The first-order valence-corrected chi connectivity index (χ1v) is 12.2. The van der Waals surface area contributed by atoms with Crippen molar-refractivity contribution in [3.05, 3.63) is 88.5 Å². The maximum atomic E-state index is 13.8. The molecule has 0 amide bonds. The quantitative estimate of drug-likeness (QED) is 0.446. The molecule has 0 N–H and O–H groups in total. The molecule has 0 spiro atoms. The minimum atomic E-state index is -0.847. The van der Waals surface area contributed by atoms with Crippen molar-refractivity contribution in [2.45, 2.75) is 19.9 Å². The predicted molar refractivity (Wildman–Crippen MR) is 136 cm³/mol. The molecule has 35 heavy (non-hydrogen) atoms. The van der Waals surface area contributed by atoms with Crippen LogP contribution in [0.4, 0.5) is 0 Å². The van der Waals surface area contributed by atoms with E-state index in [1.165, 1.54) is 30.1 Å². The summed E-state index contributed by atoms with van der Waals surface area (Å²) >= 11 is 13.7. The van der Waals surface area contributed by atoms with Gasteiger partial charge in [0.2, 0.25) is 0 Å². The van der Waals surface area contributed by atoms with E-state index in [1.54, 1.807) is 49.4 Å². The van der Waals surface area contributed by atoms with Gasteiger partial charge in [0.25, 0.3) is 5.56 Å². The summed E-state index contributed by atoms with van der Waals surface area (Å²) in [6.45, 7) is 4.04. The lowest BCUT2D eigenvalue weighted by Gasteiger charge is -2.25. The van der Waals surface area contributed by atoms with Crippen molar-refractivity contribution >= 4 is 46.6 Å². The van der Waals surface area contributed by atoms with Crippen molar-refractivity contribution < 1.29 is 19.0 Å². The Morgan fingerprint density at radius 2 is 1.83 bits per heavy atom. The predicted octanol–water partition coefficient (Wildman–Crippen LogP) is 4.12. The minimum absolute atomic E-state index is 0.227. The third-order valence-electron chi connectivity index (χ3n) is 5.47. The van der Waals surface area contributed by atoms with E-state index in [0.717, 1.165) is 0 Å². The smallest absolute Gasteiger partial charge is 0.338 e. The number of thiazole rings is 1. The molecule has 0 saturated heterocycles. The highest BCUT2D eigenvalue weighted by molar-refractivity contribution is 7.07. The Balaban J connectivity index is 2.02. The van der Waals surface area contributed by atoms with E-state index >= 15 is 0 Å². The van der Waals surface area contributed by atoms with E-state index in [-0.39, 0.29) is 11.1 Å². The van der Waals surface area contributed by atoms with E-state index in [4.69, 9.17) is 37.4 Å². The van der Waals surface area contributed by atoms with Gasteiger partial charge in [0.05, 0.1) is 36.6 Å². The highest BCUT2D eigenvalue weighted by Crippen LogP contribution is 2.37. The van der Waals surface area contributed by atoms with E-state index in [2.05, 4.69) is 4.99 Å². The number of rotatable bonds is 6. The van der Waals surface area contributed by atoms with Gasteiger partial charge in [0, 0.05) is 21.2 Å². The third kappa shape index (κ3) is 4.74. The summed E-state index contributed by atoms with van der Waals surface area (Å²) in [6.07, 6.45) is 1.71. The molecule has 7 nitrogen and oxygen atoms in total. The lowest BCUT2D eigenvalue weighted by molar-refractivity contribution is -0.136. The fourth-order valence-corrected chi connectivity index (χ4v) is 5.36.